The van der Waals surface area contributed by atoms with E-state index in [4.69, 9.17) is 0 Å². The van der Waals surface area contributed by atoms with Crippen molar-refractivity contribution < 1.29 is 5.11 Å². The summed E-state index contributed by atoms with van der Waals surface area (Å²) < 4.78 is 2.25. The van der Waals surface area contributed by atoms with Gasteiger partial charge < -0.3 is 9.67 Å². The molecule has 0 fully saturated rings. The Kier molecular flexibility index (Phi) is 4.09. The van der Waals surface area contributed by atoms with E-state index < -0.39 is 0 Å². The normalized spacial score (nSPS) is 19.3. The molecule has 3 nitrogen and oxygen atoms in total. The SMILES string of the molecule is CC(C)CC(C1c2ccccc2-c2cncn21)[C@@H](O)C(C)C. The minimum atomic E-state index is -0.311. The number of rotatable bonds is 5. The van der Waals surface area contributed by atoms with Gasteiger partial charge in [0.25, 0.3) is 0 Å². The first-order chi connectivity index (χ1) is 10.5. The highest BCUT2D eigenvalue weighted by Gasteiger charge is 2.38. The van der Waals surface area contributed by atoms with E-state index in [0.29, 0.717) is 5.92 Å². The average molecular weight is 298 g/mol. The number of aromatic nitrogens is 2. The minimum Gasteiger partial charge on any atom is -0.392 e. The predicted octanol–water partition coefficient (Wildman–Crippen LogP) is 4.13. The number of hydrogen-bond donors (Lipinski definition) is 1. The van der Waals surface area contributed by atoms with Crippen LogP contribution in [0.4, 0.5) is 0 Å². The van der Waals surface area contributed by atoms with Gasteiger partial charge in [0.2, 0.25) is 0 Å². The van der Waals surface area contributed by atoms with Gasteiger partial charge in [0.05, 0.1) is 30.4 Å². The second-order valence-corrected chi connectivity index (χ2v) is 7.25. The molecule has 1 aliphatic heterocycles. The van der Waals surface area contributed by atoms with Crippen molar-refractivity contribution in [2.24, 2.45) is 17.8 Å². The van der Waals surface area contributed by atoms with Crippen molar-refractivity contribution in [1.29, 1.82) is 0 Å². The van der Waals surface area contributed by atoms with Gasteiger partial charge in [-0.15, -0.1) is 0 Å². The minimum absolute atomic E-state index is 0.188. The highest BCUT2D eigenvalue weighted by atomic mass is 16.3. The highest BCUT2D eigenvalue weighted by molar-refractivity contribution is 5.69. The van der Waals surface area contributed by atoms with Crippen LogP contribution in [0.25, 0.3) is 11.3 Å². The Morgan fingerprint density at radius 3 is 2.59 bits per heavy atom. The second-order valence-electron chi connectivity index (χ2n) is 7.25. The Labute approximate surface area is 133 Å². The average Bonchev–Trinajstić information content (AvgIpc) is 3.04. The Bertz CT molecular complexity index is 644. The fourth-order valence-corrected chi connectivity index (χ4v) is 3.80. The van der Waals surface area contributed by atoms with E-state index in [-0.39, 0.29) is 24.0 Å². The summed E-state index contributed by atoms with van der Waals surface area (Å²) in [7, 11) is 0. The Morgan fingerprint density at radius 1 is 1.18 bits per heavy atom. The maximum atomic E-state index is 10.9. The molecule has 0 bridgehead atoms. The number of aliphatic hydroxyl groups excluding tert-OH is 1. The van der Waals surface area contributed by atoms with E-state index in [0.717, 1.165) is 6.42 Å². The van der Waals surface area contributed by atoms with Gasteiger partial charge in [-0.1, -0.05) is 52.0 Å². The van der Waals surface area contributed by atoms with Gasteiger partial charge in [-0.05, 0) is 23.8 Å². The van der Waals surface area contributed by atoms with Gasteiger partial charge in [0.15, 0.2) is 0 Å². The number of imidazole rings is 1. The molecule has 22 heavy (non-hydrogen) atoms. The van der Waals surface area contributed by atoms with Crippen LogP contribution >= 0.6 is 0 Å². The molecular weight excluding hydrogens is 272 g/mol. The van der Waals surface area contributed by atoms with Gasteiger partial charge in [-0.25, -0.2) is 4.98 Å². The molecule has 2 aromatic rings. The Hall–Kier alpha value is -1.61. The van der Waals surface area contributed by atoms with E-state index in [2.05, 4.69) is 61.5 Å². The number of aliphatic hydroxyl groups is 1. The lowest BCUT2D eigenvalue weighted by Gasteiger charge is -2.33. The first-order valence-electron chi connectivity index (χ1n) is 8.30. The van der Waals surface area contributed by atoms with Crippen LogP contribution in [0.3, 0.4) is 0 Å². The summed E-state index contributed by atoms with van der Waals surface area (Å²) in [5.74, 6) is 1.01. The van der Waals surface area contributed by atoms with E-state index in [1.165, 1.54) is 16.8 Å². The lowest BCUT2D eigenvalue weighted by molar-refractivity contribution is 0.0364. The topological polar surface area (TPSA) is 38.0 Å². The van der Waals surface area contributed by atoms with Crippen molar-refractivity contribution in [1.82, 2.24) is 9.55 Å². The van der Waals surface area contributed by atoms with Crippen LogP contribution in [-0.2, 0) is 0 Å². The van der Waals surface area contributed by atoms with Crippen molar-refractivity contribution >= 4 is 0 Å². The maximum absolute atomic E-state index is 10.9. The molecular formula is C19H26N2O. The van der Waals surface area contributed by atoms with Crippen LogP contribution < -0.4 is 0 Å². The number of nitrogens with zero attached hydrogens (tertiary/aromatic N) is 2. The molecule has 1 aliphatic rings. The molecule has 1 aromatic carbocycles. The van der Waals surface area contributed by atoms with Crippen LogP contribution in [0, 0.1) is 17.8 Å². The Morgan fingerprint density at radius 2 is 1.91 bits per heavy atom. The van der Waals surface area contributed by atoms with Gasteiger partial charge in [0, 0.05) is 11.5 Å². The number of benzene rings is 1. The van der Waals surface area contributed by atoms with Crippen LogP contribution in [0.2, 0.25) is 0 Å². The molecule has 3 rings (SSSR count). The third-order valence-corrected chi connectivity index (χ3v) is 4.79. The summed E-state index contributed by atoms with van der Waals surface area (Å²) in [6.07, 6.45) is 4.55. The van der Waals surface area contributed by atoms with Crippen LogP contribution in [0.15, 0.2) is 36.8 Å². The maximum Gasteiger partial charge on any atom is 0.0956 e. The summed E-state index contributed by atoms with van der Waals surface area (Å²) in [5.41, 5.74) is 3.75. The molecule has 1 N–H and O–H groups in total. The lowest BCUT2D eigenvalue weighted by Crippen LogP contribution is -2.34. The van der Waals surface area contributed by atoms with Crippen molar-refractivity contribution in [2.75, 3.05) is 0 Å². The molecule has 1 aromatic heterocycles. The summed E-state index contributed by atoms with van der Waals surface area (Å²) in [5, 5.41) is 10.9. The van der Waals surface area contributed by atoms with Crippen LogP contribution in [-0.4, -0.2) is 20.8 Å². The van der Waals surface area contributed by atoms with Crippen molar-refractivity contribution in [3.8, 4) is 11.3 Å². The molecule has 2 heterocycles. The van der Waals surface area contributed by atoms with Crippen LogP contribution in [0.1, 0.15) is 45.7 Å². The standard InChI is InChI=1S/C19H26N2O/c1-12(2)9-16(19(22)13(3)4)18-15-8-6-5-7-14(15)17-10-20-11-21(17)18/h5-8,10-13,16,18-19,22H,9H2,1-4H3/t16?,18?,19-/m0/s1. The Balaban J connectivity index is 2.08. The second kappa shape index (κ2) is 5.88. The first kappa shape index (κ1) is 15.3. The molecule has 0 saturated heterocycles. The zero-order valence-corrected chi connectivity index (χ0v) is 13.9. The van der Waals surface area contributed by atoms with E-state index >= 15 is 0 Å². The van der Waals surface area contributed by atoms with Gasteiger partial charge in [0.1, 0.15) is 0 Å². The van der Waals surface area contributed by atoms with Crippen molar-refractivity contribution in [2.45, 2.75) is 46.3 Å². The molecule has 3 heteroatoms. The van der Waals surface area contributed by atoms with Gasteiger partial charge in [-0.3, -0.25) is 0 Å². The van der Waals surface area contributed by atoms with Crippen LogP contribution in [0.5, 0.6) is 0 Å². The molecule has 3 atom stereocenters. The summed E-state index contributed by atoms with van der Waals surface area (Å²) in [4.78, 5) is 4.34. The molecule has 118 valence electrons. The third kappa shape index (κ3) is 2.48. The fraction of sp³-hybridized carbons (Fsp3) is 0.526. The predicted molar refractivity (Wildman–Crippen MR) is 89.6 cm³/mol. The fourth-order valence-electron chi connectivity index (χ4n) is 3.80. The molecule has 0 saturated carbocycles. The van der Waals surface area contributed by atoms with Gasteiger partial charge >= 0.3 is 0 Å². The van der Waals surface area contributed by atoms with E-state index in [1.54, 1.807) is 0 Å². The third-order valence-electron chi connectivity index (χ3n) is 4.79. The van der Waals surface area contributed by atoms with Crippen molar-refractivity contribution in [3.63, 3.8) is 0 Å². The monoisotopic (exact) mass is 298 g/mol. The summed E-state index contributed by atoms with van der Waals surface area (Å²) in [6.45, 7) is 8.67. The molecule has 0 aliphatic carbocycles. The number of fused-ring (bicyclic) bond motifs is 3. The smallest absolute Gasteiger partial charge is 0.0956 e. The molecule has 2 unspecified atom stereocenters. The quantitative estimate of drug-likeness (QED) is 0.901. The zero-order chi connectivity index (χ0) is 15.9. The van der Waals surface area contributed by atoms with Gasteiger partial charge in [-0.2, -0.15) is 0 Å². The summed E-state index contributed by atoms with van der Waals surface area (Å²) in [6, 6.07) is 8.73. The summed E-state index contributed by atoms with van der Waals surface area (Å²) >= 11 is 0. The van der Waals surface area contributed by atoms with E-state index in [9.17, 15) is 5.11 Å². The zero-order valence-electron chi connectivity index (χ0n) is 13.9. The number of hydrogen-bond acceptors (Lipinski definition) is 2. The molecule has 0 spiro atoms. The largest absolute Gasteiger partial charge is 0.392 e. The highest BCUT2D eigenvalue weighted by Crippen LogP contribution is 2.46. The molecule has 0 amide bonds. The van der Waals surface area contributed by atoms with Crippen molar-refractivity contribution in [3.05, 3.63) is 42.4 Å². The first-order valence-corrected chi connectivity index (χ1v) is 8.30. The lowest BCUT2D eigenvalue weighted by atomic mass is 9.79. The van der Waals surface area contributed by atoms with E-state index in [1.807, 2.05) is 12.5 Å². The molecule has 0 radical (unpaired) electrons.